The maximum absolute atomic E-state index is 13.9. The molecule has 0 saturated carbocycles. The molecule has 3 aliphatic heterocycles. The number of carbonyl (C=O) groups excluding carboxylic acids is 2. The summed E-state index contributed by atoms with van der Waals surface area (Å²) in [5, 5.41) is 6.92. The second-order valence-corrected chi connectivity index (χ2v) is 9.72. The Labute approximate surface area is 188 Å². The molecule has 1 saturated heterocycles. The molecule has 2 N–H and O–H groups in total. The van der Waals surface area contributed by atoms with Gasteiger partial charge in [-0.15, -0.1) is 0 Å². The lowest BCUT2D eigenvalue weighted by Crippen LogP contribution is -2.66. The van der Waals surface area contributed by atoms with Gasteiger partial charge in [0.05, 0.1) is 16.8 Å². The number of benzene rings is 1. The van der Waals surface area contributed by atoms with Crippen LogP contribution < -0.4 is 20.4 Å². The quantitative estimate of drug-likeness (QED) is 0.691. The van der Waals surface area contributed by atoms with Crippen molar-refractivity contribution >= 4 is 29.2 Å². The number of likely N-dealkylation sites (tertiary alicyclic amines) is 1. The molecule has 12 heteroatoms. The average Bonchev–Trinajstić information content (AvgIpc) is 2.65. The molecule has 2 amide bonds. The highest BCUT2D eigenvalue weighted by Crippen LogP contribution is 2.45. The van der Waals surface area contributed by atoms with Gasteiger partial charge in [-0.05, 0) is 46.8 Å². The van der Waals surface area contributed by atoms with Gasteiger partial charge in [-0.3, -0.25) is 4.79 Å². The van der Waals surface area contributed by atoms with E-state index in [0.29, 0.717) is 11.5 Å². The van der Waals surface area contributed by atoms with Gasteiger partial charge >= 0.3 is 12.3 Å². The fourth-order valence-corrected chi connectivity index (χ4v) is 4.07. The van der Waals surface area contributed by atoms with E-state index in [1.807, 2.05) is 0 Å². The third kappa shape index (κ3) is 4.38. The van der Waals surface area contributed by atoms with E-state index in [9.17, 15) is 22.8 Å². The number of amidine groups is 1. The monoisotopic (exact) mass is 469 g/mol. The zero-order valence-electron chi connectivity index (χ0n) is 19.0. The van der Waals surface area contributed by atoms with Crippen LogP contribution in [0.25, 0.3) is 0 Å². The fourth-order valence-electron chi connectivity index (χ4n) is 4.07. The van der Waals surface area contributed by atoms with Gasteiger partial charge in [-0.25, -0.2) is 10.2 Å². The standard InChI is InChI=1S/C21H26F3N5O4/c1-11-17(30)27-26-16-8-32-15-6-12(21(22,23)24)13(7-14(15)29(11)16)25-20(5)9-28(10-20)18(31)33-19(2,3)4/h6-7,11,25H,8-10H2,1-5H3,(H,27,30)/t11-/m0/s1. The van der Waals surface area contributed by atoms with Gasteiger partial charge in [0.1, 0.15) is 24.0 Å². The van der Waals surface area contributed by atoms with Crippen LogP contribution >= 0.6 is 0 Å². The molecule has 0 unspecified atom stereocenters. The molecular weight excluding hydrogens is 443 g/mol. The predicted molar refractivity (Wildman–Crippen MR) is 114 cm³/mol. The number of fused-ring (bicyclic) bond motifs is 3. The van der Waals surface area contributed by atoms with E-state index < -0.39 is 35.0 Å². The average molecular weight is 469 g/mol. The summed E-state index contributed by atoms with van der Waals surface area (Å²) < 4.78 is 52.5. The van der Waals surface area contributed by atoms with Crippen molar-refractivity contribution < 1.29 is 32.2 Å². The van der Waals surface area contributed by atoms with E-state index in [0.717, 1.165) is 6.07 Å². The van der Waals surface area contributed by atoms with Crippen molar-refractivity contribution in [2.75, 3.05) is 29.9 Å². The molecule has 4 rings (SSSR count). The van der Waals surface area contributed by atoms with Gasteiger partial charge in [0.25, 0.3) is 5.91 Å². The van der Waals surface area contributed by atoms with E-state index in [2.05, 4.69) is 15.8 Å². The summed E-state index contributed by atoms with van der Waals surface area (Å²) in [5.41, 5.74) is 0.151. The molecule has 0 spiro atoms. The van der Waals surface area contributed by atoms with Gasteiger partial charge in [-0.1, -0.05) is 0 Å². The summed E-state index contributed by atoms with van der Waals surface area (Å²) in [4.78, 5) is 27.3. The number of amides is 2. The summed E-state index contributed by atoms with van der Waals surface area (Å²) in [5.74, 6) is 0.0359. The normalized spacial score (nSPS) is 21.6. The number of hydrazone groups is 1. The third-order valence-corrected chi connectivity index (χ3v) is 5.53. The summed E-state index contributed by atoms with van der Waals surface area (Å²) in [6, 6.07) is 1.58. The summed E-state index contributed by atoms with van der Waals surface area (Å²) in [6.07, 6.45) is -5.17. The number of hydrogen-bond acceptors (Lipinski definition) is 7. The molecule has 0 radical (unpaired) electrons. The molecule has 9 nitrogen and oxygen atoms in total. The SMILES string of the molecule is C[C@H]1C(=O)NN=C2COc3cc(C(F)(F)F)c(NC4(C)CN(C(=O)OC(C)(C)C)C4)cc3N21. The van der Waals surface area contributed by atoms with Crippen molar-refractivity contribution in [3.8, 4) is 5.75 Å². The summed E-state index contributed by atoms with van der Waals surface area (Å²) in [7, 11) is 0. The largest absolute Gasteiger partial charge is 0.483 e. The molecule has 1 fully saturated rings. The van der Waals surface area contributed by atoms with Gasteiger partial charge in [0.2, 0.25) is 0 Å². The highest BCUT2D eigenvalue weighted by atomic mass is 19.4. The molecular formula is C21H26F3N5O4. The van der Waals surface area contributed by atoms with E-state index in [4.69, 9.17) is 9.47 Å². The minimum Gasteiger partial charge on any atom is -0.483 e. The van der Waals surface area contributed by atoms with Crippen molar-refractivity contribution in [1.29, 1.82) is 0 Å². The van der Waals surface area contributed by atoms with Crippen molar-refractivity contribution in [2.24, 2.45) is 5.10 Å². The highest BCUT2D eigenvalue weighted by molar-refractivity contribution is 6.09. The van der Waals surface area contributed by atoms with Crippen LogP contribution in [-0.4, -0.2) is 59.6 Å². The number of halogens is 3. The molecule has 1 aromatic carbocycles. The molecule has 0 bridgehead atoms. The number of alkyl halides is 3. The molecule has 0 aliphatic carbocycles. The Morgan fingerprint density at radius 1 is 1.30 bits per heavy atom. The maximum Gasteiger partial charge on any atom is 0.418 e. The van der Waals surface area contributed by atoms with Gasteiger partial charge in [-0.2, -0.15) is 18.3 Å². The van der Waals surface area contributed by atoms with Crippen LogP contribution in [0.1, 0.15) is 40.2 Å². The first-order valence-electron chi connectivity index (χ1n) is 10.5. The van der Waals surface area contributed by atoms with Gasteiger partial charge < -0.3 is 24.6 Å². The van der Waals surface area contributed by atoms with Crippen molar-refractivity contribution in [2.45, 2.75) is 58.0 Å². The van der Waals surface area contributed by atoms with E-state index in [1.165, 1.54) is 11.0 Å². The van der Waals surface area contributed by atoms with Crippen LogP contribution in [0, 0.1) is 0 Å². The maximum atomic E-state index is 13.9. The topological polar surface area (TPSA) is 95.5 Å². The first-order chi connectivity index (χ1) is 15.2. The Morgan fingerprint density at radius 3 is 2.58 bits per heavy atom. The number of nitrogens with zero attached hydrogens (tertiary/aromatic N) is 3. The number of anilines is 2. The first-order valence-corrected chi connectivity index (χ1v) is 10.5. The van der Waals surface area contributed by atoms with Gasteiger partial charge in [0, 0.05) is 18.8 Å². The van der Waals surface area contributed by atoms with Crippen LogP contribution in [0.15, 0.2) is 17.2 Å². The Balaban J connectivity index is 1.63. The molecule has 0 aromatic heterocycles. The van der Waals surface area contributed by atoms with E-state index >= 15 is 0 Å². The summed E-state index contributed by atoms with van der Waals surface area (Å²) in [6.45, 7) is 8.86. The van der Waals surface area contributed by atoms with Crippen molar-refractivity contribution in [3.05, 3.63) is 17.7 Å². The van der Waals surface area contributed by atoms with E-state index in [-0.39, 0.29) is 37.0 Å². The van der Waals surface area contributed by atoms with Crippen molar-refractivity contribution in [3.63, 3.8) is 0 Å². The lowest BCUT2D eigenvalue weighted by atomic mass is 9.91. The fraction of sp³-hybridized carbons (Fsp3) is 0.571. The zero-order chi connectivity index (χ0) is 24.3. The van der Waals surface area contributed by atoms with Crippen LogP contribution in [-0.2, 0) is 15.7 Å². The molecule has 180 valence electrons. The van der Waals surface area contributed by atoms with Crippen molar-refractivity contribution in [1.82, 2.24) is 10.3 Å². The molecule has 1 aromatic rings. The van der Waals surface area contributed by atoms with Crippen LogP contribution in [0.2, 0.25) is 0 Å². The summed E-state index contributed by atoms with van der Waals surface area (Å²) >= 11 is 0. The second-order valence-electron chi connectivity index (χ2n) is 9.72. The van der Waals surface area contributed by atoms with Crippen LogP contribution in [0.4, 0.5) is 29.3 Å². The lowest BCUT2D eigenvalue weighted by Gasteiger charge is -2.49. The van der Waals surface area contributed by atoms with E-state index in [1.54, 1.807) is 39.5 Å². The first kappa shape index (κ1) is 23.0. The zero-order valence-corrected chi connectivity index (χ0v) is 19.0. The Kier molecular flexibility index (Phi) is 5.17. The Bertz CT molecular complexity index is 1030. The second kappa shape index (κ2) is 7.42. The minimum atomic E-state index is -4.65. The molecule has 3 aliphatic rings. The smallest absolute Gasteiger partial charge is 0.418 e. The Hall–Kier alpha value is -3.18. The number of carbonyl (C=O) groups is 2. The van der Waals surface area contributed by atoms with Crippen LogP contribution in [0.3, 0.4) is 0 Å². The number of rotatable bonds is 2. The minimum absolute atomic E-state index is 0.0162. The number of nitrogens with one attached hydrogen (secondary N) is 2. The number of ether oxygens (including phenoxy) is 2. The van der Waals surface area contributed by atoms with Gasteiger partial charge in [0.15, 0.2) is 5.84 Å². The highest BCUT2D eigenvalue weighted by Gasteiger charge is 2.46. The number of hydrogen-bond donors (Lipinski definition) is 2. The lowest BCUT2D eigenvalue weighted by molar-refractivity contribution is -0.137. The predicted octanol–water partition coefficient (Wildman–Crippen LogP) is 3.16. The van der Waals surface area contributed by atoms with Crippen LogP contribution in [0.5, 0.6) is 5.75 Å². The molecule has 33 heavy (non-hydrogen) atoms. The molecule has 3 heterocycles. The third-order valence-electron chi connectivity index (χ3n) is 5.53. The molecule has 1 atom stereocenters. The Morgan fingerprint density at radius 2 is 1.97 bits per heavy atom.